The number of hydrogen-bond acceptors (Lipinski definition) is 7. The number of nitrogens with zero attached hydrogens (tertiary/aromatic N) is 3. The van der Waals surface area contributed by atoms with Crippen LogP contribution < -0.4 is 15.4 Å². The quantitative estimate of drug-likeness (QED) is 0.293. The van der Waals surface area contributed by atoms with Gasteiger partial charge in [-0.15, -0.1) is 11.3 Å². The van der Waals surface area contributed by atoms with Crippen molar-refractivity contribution < 1.29 is 9.53 Å². The number of nitrogens with one attached hydrogen (secondary N) is 2. The summed E-state index contributed by atoms with van der Waals surface area (Å²) >= 11 is 1.48. The number of methoxy groups -OCH3 is 1. The van der Waals surface area contributed by atoms with Gasteiger partial charge in [0.2, 0.25) is 5.95 Å². The van der Waals surface area contributed by atoms with Gasteiger partial charge >= 0.3 is 0 Å². The number of aromatic nitrogens is 3. The summed E-state index contributed by atoms with van der Waals surface area (Å²) in [6.07, 6.45) is 5.06. The van der Waals surface area contributed by atoms with E-state index in [-0.39, 0.29) is 5.91 Å². The number of hydrogen-bond donors (Lipinski definition) is 2. The molecule has 0 saturated heterocycles. The van der Waals surface area contributed by atoms with Crippen LogP contribution in [-0.4, -0.2) is 28.0 Å². The van der Waals surface area contributed by atoms with E-state index in [1.54, 1.807) is 25.7 Å². The number of carbonyl (C=O) groups is 1. The molecule has 2 aromatic carbocycles. The molecule has 0 radical (unpaired) electrons. The number of amides is 1. The van der Waals surface area contributed by atoms with Crippen molar-refractivity contribution in [1.29, 1.82) is 0 Å². The number of ether oxygens (including phenoxy) is 1. The third-order valence-electron chi connectivity index (χ3n) is 5.54. The number of aryl methyl sites for hydroxylation is 2. The first-order valence-electron chi connectivity index (χ1n) is 11.0. The molecule has 0 fully saturated rings. The van der Waals surface area contributed by atoms with Crippen LogP contribution in [0.3, 0.4) is 0 Å². The zero-order valence-electron chi connectivity index (χ0n) is 19.5. The molecule has 0 spiro atoms. The highest BCUT2D eigenvalue weighted by Crippen LogP contribution is 2.29. The van der Waals surface area contributed by atoms with Crippen molar-refractivity contribution in [3.05, 3.63) is 89.2 Å². The van der Waals surface area contributed by atoms with E-state index in [2.05, 4.69) is 43.8 Å². The highest BCUT2D eigenvalue weighted by atomic mass is 32.1. The first-order valence-corrected chi connectivity index (χ1v) is 11.8. The minimum atomic E-state index is -0.137. The van der Waals surface area contributed by atoms with Gasteiger partial charge in [0.1, 0.15) is 5.75 Å². The fourth-order valence-electron chi connectivity index (χ4n) is 3.67. The van der Waals surface area contributed by atoms with Gasteiger partial charge in [0.15, 0.2) is 0 Å². The smallest absolute Gasteiger partial charge is 0.265 e. The molecule has 8 heteroatoms. The van der Waals surface area contributed by atoms with E-state index in [1.807, 2.05) is 50.2 Å². The Hall–Kier alpha value is -4.30. The molecule has 7 nitrogen and oxygen atoms in total. The van der Waals surface area contributed by atoms with E-state index >= 15 is 0 Å². The molecule has 0 bridgehead atoms. The Labute approximate surface area is 206 Å². The van der Waals surface area contributed by atoms with Crippen molar-refractivity contribution in [2.24, 2.45) is 0 Å². The van der Waals surface area contributed by atoms with Crippen LogP contribution in [0.2, 0.25) is 0 Å². The summed E-state index contributed by atoms with van der Waals surface area (Å²) in [5.41, 5.74) is 5.20. The normalized spacial score (nSPS) is 10.8. The van der Waals surface area contributed by atoms with Gasteiger partial charge in [-0.1, -0.05) is 23.8 Å². The molecule has 0 aliphatic carbocycles. The minimum absolute atomic E-state index is 0.137. The van der Waals surface area contributed by atoms with Crippen molar-refractivity contribution in [2.75, 3.05) is 17.7 Å². The fraction of sp³-hybridized carbons (Fsp3) is 0.111. The third-order valence-corrected chi connectivity index (χ3v) is 6.65. The summed E-state index contributed by atoms with van der Waals surface area (Å²) in [5.74, 6) is 0.961. The molecule has 5 aromatic rings. The topological polar surface area (TPSA) is 89.0 Å². The van der Waals surface area contributed by atoms with Crippen molar-refractivity contribution in [2.45, 2.75) is 13.8 Å². The molecule has 2 N–H and O–H groups in total. The van der Waals surface area contributed by atoms with Crippen LogP contribution in [-0.2, 0) is 0 Å². The number of rotatable bonds is 6. The van der Waals surface area contributed by atoms with Crippen LogP contribution in [0.4, 0.5) is 17.3 Å². The Morgan fingerprint density at radius 2 is 1.89 bits per heavy atom. The van der Waals surface area contributed by atoms with Gasteiger partial charge in [0.25, 0.3) is 5.91 Å². The number of benzene rings is 2. The van der Waals surface area contributed by atoms with Crippen LogP contribution >= 0.6 is 11.3 Å². The fourth-order valence-corrected chi connectivity index (χ4v) is 4.61. The van der Waals surface area contributed by atoms with Crippen LogP contribution in [0.1, 0.15) is 20.8 Å². The van der Waals surface area contributed by atoms with Crippen LogP contribution in [0.25, 0.3) is 21.3 Å². The Morgan fingerprint density at radius 1 is 1.00 bits per heavy atom. The number of carbonyl (C=O) groups excluding carboxylic acids is 1. The Morgan fingerprint density at radius 3 is 2.74 bits per heavy atom. The van der Waals surface area contributed by atoms with Crippen molar-refractivity contribution in [1.82, 2.24) is 15.0 Å². The van der Waals surface area contributed by atoms with E-state index in [1.165, 1.54) is 16.9 Å². The van der Waals surface area contributed by atoms with Gasteiger partial charge in [-0.25, -0.2) is 9.97 Å². The zero-order chi connectivity index (χ0) is 24.4. The maximum atomic E-state index is 12.9. The predicted octanol–water partition coefficient (Wildman–Crippen LogP) is 6.37. The molecule has 0 aliphatic rings. The predicted molar refractivity (Wildman–Crippen MR) is 141 cm³/mol. The molecule has 0 aliphatic heterocycles. The van der Waals surface area contributed by atoms with Gasteiger partial charge in [0.05, 0.1) is 23.9 Å². The minimum Gasteiger partial charge on any atom is -0.495 e. The van der Waals surface area contributed by atoms with Gasteiger partial charge in [0, 0.05) is 34.0 Å². The summed E-state index contributed by atoms with van der Waals surface area (Å²) in [5, 5.41) is 7.35. The van der Waals surface area contributed by atoms with Crippen molar-refractivity contribution in [3.63, 3.8) is 0 Å². The summed E-state index contributed by atoms with van der Waals surface area (Å²) in [4.78, 5) is 26.8. The summed E-state index contributed by atoms with van der Waals surface area (Å²) in [7, 11) is 1.60. The first-order chi connectivity index (χ1) is 17.0. The lowest BCUT2D eigenvalue weighted by Crippen LogP contribution is -2.10. The molecule has 1 amide bonds. The zero-order valence-corrected chi connectivity index (χ0v) is 20.3. The number of anilines is 3. The van der Waals surface area contributed by atoms with Gasteiger partial charge in [-0.2, -0.15) is 0 Å². The average Bonchev–Trinajstić information content (AvgIpc) is 3.30. The van der Waals surface area contributed by atoms with E-state index in [0.29, 0.717) is 22.3 Å². The van der Waals surface area contributed by atoms with Crippen LogP contribution in [0.5, 0.6) is 5.75 Å². The Balaban J connectivity index is 1.36. The van der Waals surface area contributed by atoms with E-state index < -0.39 is 0 Å². The second-order valence-corrected chi connectivity index (χ2v) is 9.22. The lowest BCUT2D eigenvalue weighted by atomic mass is 10.1. The standard InChI is InChI=1S/C27H23N5O2S/c1-16-4-7-24-18(10-16)12-25(35-24)26(33)30-20-6-5-17(2)23(13-20)32-27-29-9-8-22(31-27)19-11-21(34-3)15-28-14-19/h4-15H,1-3H3,(H,30,33)(H,29,31,32). The maximum absolute atomic E-state index is 12.9. The largest absolute Gasteiger partial charge is 0.495 e. The maximum Gasteiger partial charge on any atom is 0.265 e. The molecule has 174 valence electrons. The second kappa shape index (κ2) is 9.52. The van der Waals surface area contributed by atoms with Gasteiger partial charge in [-0.05, 0) is 61.2 Å². The molecule has 3 aromatic heterocycles. The highest BCUT2D eigenvalue weighted by Gasteiger charge is 2.12. The summed E-state index contributed by atoms with van der Waals surface area (Å²) in [6.45, 7) is 4.03. The molecular formula is C27H23N5O2S. The molecule has 3 heterocycles. The summed E-state index contributed by atoms with van der Waals surface area (Å²) in [6, 6.07) is 17.5. The first kappa shape index (κ1) is 22.5. The summed E-state index contributed by atoms with van der Waals surface area (Å²) < 4.78 is 6.35. The van der Waals surface area contributed by atoms with Crippen molar-refractivity contribution >= 4 is 44.7 Å². The third kappa shape index (κ3) is 4.97. The van der Waals surface area contributed by atoms with Gasteiger partial charge in [-0.3, -0.25) is 9.78 Å². The lowest BCUT2D eigenvalue weighted by Gasteiger charge is -2.12. The average molecular weight is 482 g/mol. The molecule has 0 unspecified atom stereocenters. The highest BCUT2D eigenvalue weighted by molar-refractivity contribution is 7.20. The SMILES string of the molecule is COc1cncc(-c2ccnc(Nc3cc(NC(=O)c4cc5cc(C)ccc5s4)ccc3C)n2)c1. The van der Waals surface area contributed by atoms with E-state index in [0.717, 1.165) is 32.6 Å². The molecular weight excluding hydrogens is 458 g/mol. The molecule has 35 heavy (non-hydrogen) atoms. The van der Waals surface area contributed by atoms with Crippen molar-refractivity contribution in [3.8, 4) is 17.0 Å². The number of pyridine rings is 1. The second-order valence-electron chi connectivity index (χ2n) is 8.14. The monoisotopic (exact) mass is 481 g/mol. The molecule has 0 atom stereocenters. The number of thiophene rings is 1. The molecule has 5 rings (SSSR count). The Bertz CT molecular complexity index is 1550. The van der Waals surface area contributed by atoms with Gasteiger partial charge < -0.3 is 15.4 Å². The lowest BCUT2D eigenvalue weighted by molar-refractivity contribution is 0.103. The number of fused-ring (bicyclic) bond motifs is 1. The van der Waals surface area contributed by atoms with Crippen LogP contribution in [0, 0.1) is 13.8 Å². The van der Waals surface area contributed by atoms with Crippen LogP contribution in [0.15, 0.2) is 73.2 Å². The molecule has 0 saturated carbocycles. The van der Waals surface area contributed by atoms with E-state index in [9.17, 15) is 4.79 Å². The van der Waals surface area contributed by atoms with E-state index in [4.69, 9.17) is 4.74 Å². The Kier molecular flexibility index (Phi) is 6.12.